The zero-order valence-electron chi connectivity index (χ0n) is 7.81. The summed E-state index contributed by atoms with van der Waals surface area (Å²) >= 11 is 0. The fraction of sp³-hybridized carbons (Fsp3) is 0.222. The van der Waals surface area contributed by atoms with Crippen molar-refractivity contribution in [2.45, 2.75) is 0 Å². The predicted molar refractivity (Wildman–Crippen MR) is 46.8 cm³/mol. The van der Waals surface area contributed by atoms with Gasteiger partial charge in [-0.3, -0.25) is 4.79 Å². The molecule has 82 valence electrons. The summed E-state index contributed by atoms with van der Waals surface area (Å²) in [7, 11) is 1.27. The quantitative estimate of drug-likeness (QED) is 0.785. The van der Waals surface area contributed by atoms with Gasteiger partial charge in [-0.05, 0) is 0 Å². The molecule has 15 heavy (non-hydrogen) atoms. The van der Waals surface area contributed by atoms with E-state index in [0.717, 1.165) is 0 Å². The van der Waals surface area contributed by atoms with Gasteiger partial charge in [-0.15, -0.1) is 0 Å². The van der Waals surface area contributed by atoms with Crippen molar-refractivity contribution in [1.82, 2.24) is 0 Å². The molecule has 1 aromatic rings. The number of hydrogen-bond donors (Lipinski definition) is 1. The Labute approximate surface area is 83.8 Å². The average molecular weight is 219 g/mol. The summed E-state index contributed by atoms with van der Waals surface area (Å²) in [6.45, 7) is -0.322. The molecule has 1 rings (SSSR count). The number of halogens is 3. The Morgan fingerprint density at radius 3 is 2.67 bits per heavy atom. The van der Waals surface area contributed by atoms with Crippen LogP contribution in [0.1, 0.15) is 0 Å². The Morgan fingerprint density at radius 2 is 2.07 bits per heavy atom. The van der Waals surface area contributed by atoms with Crippen LogP contribution in [0.15, 0.2) is 12.1 Å². The van der Waals surface area contributed by atoms with E-state index < -0.39 is 29.0 Å². The lowest BCUT2D eigenvalue weighted by atomic mass is 10.3. The van der Waals surface area contributed by atoms with E-state index in [-0.39, 0.29) is 6.61 Å². The largest absolute Gasteiger partial charge is 0.375 e. The van der Waals surface area contributed by atoms with Crippen molar-refractivity contribution in [3.63, 3.8) is 0 Å². The van der Waals surface area contributed by atoms with Crippen LogP contribution >= 0.6 is 0 Å². The molecule has 0 unspecified atom stereocenters. The monoisotopic (exact) mass is 219 g/mol. The Hall–Kier alpha value is -1.56. The third-order valence-electron chi connectivity index (χ3n) is 1.54. The topological polar surface area (TPSA) is 38.3 Å². The zero-order chi connectivity index (χ0) is 11.4. The normalized spacial score (nSPS) is 10.1. The van der Waals surface area contributed by atoms with Crippen LogP contribution in [0.3, 0.4) is 0 Å². The van der Waals surface area contributed by atoms with Gasteiger partial charge in [0.1, 0.15) is 12.4 Å². The number of anilines is 1. The lowest BCUT2D eigenvalue weighted by Crippen LogP contribution is -2.18. The van der Waals surface area contributed by atoms with Gasteiger partial charge in [0.05, 0.1) is 5.69 Å². The fourth-order valence-corrected chi connectivity index (χ4v) is 0.964. The van der Waals surface area contributed by atoms with Crippen LogP contribution in [0.5, 0.6) is 0 Å². The van der Waals surface area contributed by atoms with E-state index in [9.17, 15) is 18.0 Å². The molecule has 0 fully saturated rings. The highest BCUT2D eigenvalue weighted by Gasteiger charge is 2.13. The van der Waals surface area contributed by atoms with Crippen molar-refractivity contribution >= 4 is 11.6 Å². The maximum absolute atomic E-state index is 13.0. The lowest BCUT2D eigenvalue weighted by Gasteiger charge is -2.06. The number of amides is 1. The molecule has 0 atom stereocenters. The molecule has 0 radical (unpaired) electrons. The maximum atomic E-state index is 13.0. The van der Waals surface area contributed by atoms with Gasteiger partial charge in [0, 0.05) is 19.2 Å². The molecule has 0 aromatic heterocycles. The third kappa shape index (κ3) is 2.95. The summed E-state index contributed by atoms with van der Waals surface area (Å²) < 4.78 is 42.8. The highest BCUT2D eigenvalue weighted by atomic mass is 19.2. The Kier molecular flexibility index (Phi) is 3.68. The molecule has 1 aromatic carbocycles. The van der Waals surface area contributed by atoms with E-state index in [4.69, 9.17) is 0 Å². The molecule has 0 aliphatic heterocycles. The second-order valence-corrected chi connectivity index (χ2v) is 2.73. The van der Waals surface area contributed by atoms with Crippen LogP contribution in [0.2, 0.25) is 0 Å². The minimum absolute atomic E-state index is 0.322. The SMILES string of the molecule is COCC(=O)Nc1cc(F)cc(F)c1F. The molecule has 1 N–H and O–H groups in total. The van der Waals surface area contributed by atoms with Gasteiger partial charge in [0.2, 0.25) is 5.91 Å². The molecule has 0 heterocycles. The van der Waals surface area contributed by atoms with Gasteiger partial charge in [0.15, 0.2) is 11.6 Å². The first-order valence-corrected chi connectivity index (χ1v) is 3.98. The average Bonchev–Trinajstić information content (AvgIpc) is 2.13. The first-order chi connectivity index (χ1) is 7.04. The standard InChI is InChI=1S/C9H8F3NO2/c1-15-4-8(14)13-7-3-5(10)2-6(11)9(7)12/h2-3H,4H2,1H3,(H,13,14). The minimum atomic E-state index is -1.36. The molecule has 1 amide bonds. The number of nitrogens with one attached hydrogen (secondary N) is 1. The van der Waals surface area contributed by atoms with Crippen LogP contribution < -0.4 is 5.32 Å². The number of carbonyl (C=O) groups is 1. The minimum Gasteiger partial charge on any atom is -0.375 e. The van der Waals surface area contributed by atoms with Gasteiger partial charge < -0.3 is 10.1 Å². The maximum Gasteiger partial charge on any atom is 0.250 e. The number of benzene rings is 1. The lowest BCUT2D eigenvalue weighted by molar-refractivity contribution is -0.119. The van der Waals surface area contributed by atoms with Gasteiger partial charge >= 0.3 is 0 Å². The van der Waals surface area contributed by atoms with E-state index in [1.165, 1.54) is 7.11 Å². The fourth-order valence-electron chi connectivity index (χ4n) is 0.964. The van der Waals surface area contributed by atoms with Crippen LogP contribution in [0, 0.1) is 17.5 Å². The summed E-state index contributed by atoms with van der Waals surface area (Å²) in [4.78, 5) is 10.9. The number of methoxy groups -OCH3 is 1. The number of carbonyl (C=O) groups excluding carboxylic acids is 1. The summed E-state index contributed by atoms with van der Waals surface area (Å²) in [5.41, 5.74) is -0.547. The van der Waals surface area contributed by atoms with Crippen LogP contribution in [-0.2, 0) is 9.53 Å². The molecular weight excluding hydrogens is 211 g/mol. The van der Waals surface area contributed by atoms with Crippen molar-refractivity contribution in [1.29, 1.82) is 0 Å². The Balaban J connectivity index is 2.89. The highest BCUT2D eigenvalue weighted by molar-refractivity contribution is 5.91. The molecule has 0 aliphatic rings. The van der Waals surface area contributed by atoms with Gasteiger partial charge in [-0.1, -0.05) is 0 Å². The molecule has 6 heteroatoms. The predicted octanol–water partition coefficient (Wildman–Crippen LogP) is 1.69. The van der Waals surface area contributed by atoms with Crippen molar-refractivity contribution < 1.29 is 22.7 Å². The smallest absolute Gasteiger partial charge is 0.250 e. The van der Waals surface area contributed by atoms with Crippen molar-refractivity contribution in [2.24, 2.45) is 0 Å². The van der Waals surface area contributed by atoms with E-state index >= 15 is 0 Å². The molecule has 0 saturated carbocycles. The van der Waals surface area contributed by atoms with E-state index in [2.05, 4.69) is 4.74 Å². The van der Waals surface area contributed by atoms with Crippen LogP contribution in [0.25, 0.3) is 0 Å². The van der Waals surface area contributed by atoms with Crippen molar-refractivity contribution in [3.05, 3.63) is 29.6 Å². The van der Waals surface area contributed by atoms with Crippen molar-refractivity contribution in [2.75, 3.05) is 19.0 Å². The van der Waals surface area contributed by atoms with Gasteiger partial charge in [0.25, 0.3) is 0 Å². The summed E-state index contributed by atoms with van der Waals surface area (Å²) in [5, 5.41) is 1.97. The van der Waals surface area contributed by atoms with E-state index in [1.54, 1.807) is 0 Å². The second kappa shape index (κ2) is 4.79. The van der Waals surface area contributed by atoms with Crippen molar-refractivity contribution in [3.8, 4) is 0 Å². The Bertz CT molecular complexity index is 382. The molecule has 0 saturated heterocycles. The highest BCUT2D eigenvalue weighted by Crippen LogP contribution is 2.18. The number of rotatable bonds is 3. The van der Waals surface area contributed by atoms with Gasteiger partial charge in [-0.2, -0.15) is 0 Å². The van der Waals surface area contributed by atoms with Gasteiger partial charge in [-0.25, -0.2) is 13.2 Å². The summed E-state index contributed by atoms with van der Waals surface area (Å²) in [5.74, 6) is -4.33. The molecule has 0 bridgehead atoms. The molecule has 3 nitrogen and oxygen atoms in total. The number of hydrogen-bond acceptors (Lipinski definition) is 2. The van der Waals surface area contributed by atoms with Crippen LogP contribution in [0.4, 0.5) is 18.9 Å². The first kappa shape index (κ1) is 11.5. The number of ether oxygens (including phenoxy) is 1. The van der Waals surface area contributed by atoms with E-state index in [0.29, 0.717) is 12.1 Å². The molecule has 0 aliphatic carbocycles. The van der Waals surface area contributed by atoms with Crippen LogP contribution in [-0.4, -0.2) is 19.6 Å². The van der Waals surface area contributed by atoms with E-state index in [1.807, 2.05) is 5.32 Å². The molecular formula is C9H8F3NO2. The summed E-state index contributed by atoms with van der Waals surface area (Å²) in [6.07, 6.45) is 0. The second-order valence-electron chi connectivity index (χ2n) is 2.73. The first-order valence-electron chi connectivity index (χ1n) is 3.98. The third-order valence-corrected chi connectivity index (χ3v) is 1.54. The summed E-state index contributed by atoms with van der Waals surface area (Å²) in [6, 6.07) is 1.08. The zero-order valence-corrected chi connectivity index (χ0v) is 7.81. The Morgan fingerprint density at radius 1 is 1.40 bits per heavy atom. The molecule has 0 spiro atoms.